The second kappa shape index (κ2) is 7.20. The summed E-state index contributed by atoms with van der Waals surface area (Å²) in [5.41, 5.74) is 4.00. The van der Waals surface area contributed by atoms with E-state index < -0.39 is 0 Å². The summed E-state index contributed by atoms with van der Waals surface area (Å²) in [6.07, 6.45) is 0. The Morgan fingerprint density at radius 1 is 0.400 bits per heavy atom. The Labute approximate surface area is 133 Å². The van der Waals surface area contributed by atoms with Gasteiger partial charge in [0.25, 0.3) is 0 Å². The second-order valence-corrected chi connectivity index (χ2v) is 4.67. The average molecular weight is 249 g/mol. The molecule has 0 amide bonds. The number of hydrogen-bond acceptors (Lipinski definition) is 0. The van der Waals surface area contributed by atoms with Gasteiger partial charge >= 0.3 is 18.9 Å². The molecule has 0 aliphatic rings. The molecule has 0 saturated heterocycles. The Bertz CT molecular complexity index is 529. The Morgan fingerprint density at radius 3 is 0.900 bits per heavy atom. The first-order valence-electron chi connectivity index (χ1n) is 6.60. The van der Waals surface area contributed by atoms with Gasteiger partial charge in [-0.2, -0.15) is 0 Å². The molecule has 2 heteroatoms. The van der Waals surface area contributed by atoms with Gasteiger partial charge in [0.1, 0.15) is 0 Å². The van der Waals surface area contributed by atoms with E-state index in [0.29, 0.717) is 6.71 Å². The topological polar surface area (TPSA) is 0 Å². The zero-order valence-corrected chi connectivity index (χ0v) is 11.7. The van der Waals surface area contributed by atoms with Crippen molar-refractivity contribution in [3.63, 3.8) is 0 Å². The fourth-order valence-corrected chi connectivity index (χ4v) is 2.51. The molecule has 0 bridgehead atoms. The average Bonchev–Trinajstić information content (AvgIpc) is 2.51. The van der Waals surface area contributed by atoms with E-state index in [4.69, 9.17) is 0 Å². The molecule has 0 fully saturated rings. The molecule has 0 aromatic heterocycles. The minimum atomic E-state index is 0. The van der Waals surface area contributed by atoms with E-state index in [1.165, 1.54) is 16.4 Å². The van der Waals surface area contributed by atoms with Crippen LogP contribution in [0.1, 0.15) is 0 Å². The van der Waals surface area contributed by atoms with Crippen molar-refractivity contribution in [2.24, 2.45) is 0 Å². The van der Waals surface area contributed by atoms with Crippen LogP contribution < -0.4 is 35.2 Å². The maximum atomic E-state index is 2.20. The van der Waals surface area contributed by atoms with Crippen molar-refractivity contribution in [2.45, 2.75) is 0 Å². The summed E-state index contributed by atoms with van der Waals surface area (Å²) in [6, 6.07) is 32.0. The summed E-state index contributed by atoms with van der Waals surface area (Å²) < 4.78 is 0. The van der Waals surface area contributed by atoms with E-state index in [-0.39, 0.29) is 18.9 Å². The van der Waals surface area contributed by atoms with Gasteiger partial charge in [-0.15, -0.1) is 0 Å². The third-order valence-electron chi connectivity index (χ3n) is 3.40. The maximum absolute atomic E-state index is 2.20. The van der Waals surface area contributed by atoms with E-state index in [9.17, 15) is 0 Å². The fourth-order valence-electron chi connectivity index (χ4n) is 2.51. The first-order chi connectivity index (χ1) is 9.45. The van der Waals surface area contributed by atoms with Crippen LogP contribution >= 0.6 is 0 Å². The molecule has 0 heterocycles. The van der Waals surface area contributed by atoms with Crippen molar-refractivity contribution >= 4 is 23.1 Å². The second-order valence-electron chi connectivity index (χ2n) is 4.67. The van der Waals surface area contributed by atoms with Crippen LogP contribution in [0.3, 0.4) is 0 Å². The Kier molecular flexibility index (Phi) is 5.30. The molecule has 3 aromatic rings. The van der Waals surface area contributed by atoms with Crippen molar-refractivity contribution in [1.82, 2.24) is 0 Å². The van der Waals surface area contributed by atoms with Gasteiger partial charge in [0, 0.05) is 0 Å². The number of rotatable bonds is 3. The number of benzene rings is 3. The molecule has 0 nitrogen and oxygen atoms in total. The van der Waals surface area contributed by atoms with Gasteiger partial charge in [0.05, 0.1) is 0 Å². The van der Waals surface area contributed by atoms with Crippen LogP contribution in [0.15, 0.2) is 91.0 Å². The molecule has 20 heavy (non-hydrogen) atoms. The first-order valence-corrected chi connectivity index (χ1v) is 6.60. The Balaban J connectivity index is 0.00000147. The molecule has 91 valence electrons. The molecule has 0 unspecified atom stereocenters. The smallest absolute Gasteiger partial charge is 0.233 e. The van der Waals surface area contributed by atoms with E-state index in [1.54, 1.807) is 0 Å². The van der Waals surface area contributed by atoms with E-state index in [2.05, 4.69) is 91.0 Å². The fraction of sp³-hybridized carbons (Fsp3) is 0. The third kappa shape index (κ3) is 3.25. The van der Waals surface area contributed by atoms with Gasteiger partial charge in [-0.1, -0.05) is 91.0 Å². The number of hydrogen-bond donors (Lipinski definition) is 0. The monoisotopic (exact) mass is 249 g/mol. The van der Waals surface area contributed by atoms with Gasteiger partial charge in [0.15, 0.2) is 0 Å². The standard InChI is InChI=1S/C18H15B.Li/c1-4-10-16(11-5-1)19(17-12-6-2-7-13-17)18-14-8-3-9-15-18;/h1-15H;/q-1;+1. The molecular formula is C18H15BLi. The molecule has 0 aliphatic carbocycles. The predicted octanol–water partition coefficient (Wildman–Crippen LogP) is -0.793. The van der Waals surface area contributed by atoms with Crippen LogP contribution in [0, 0.1) is 0 Å². The molecule has 0 N–H and O–H groups in total. The first kappa shape index (κ1) is 14.7. The normalized spacial score (nSPS) is 10.1. The van der Waals surface area contributed by atoms with Crippen molar-refractivity contribution in [3.05, 3.63) is 91.0 Å². The van der Waals surface area contributed by atoms with Crippen LogP contribution in [-0.2, 0) is 0 Å². The minimum Gasteiger partial charge on any atom is -0.233 e. The summed E-state index contributed by atoms with van der Waals surface area (Å²) in [6.45, 7) is 0.309. The summed E-state index contributed by atoms with van der Waals surface area (Å²) in [7, 11) is 0. The molecule has 1 radical (unpaired) electrons. The quantitative estimate of drug-likeness (QED) is 0.533. The van der Waals surface area contributed by atoms with Gasteiger partial charge in [0.2, 0.25) is 0 Å². The van der Waals surface area contributed by atoms with Crippen molar-refractivity contribution < 1.29 is 18.9 Å². The zero-order chi connectivity index (χ0) is 12.9. The van der Waals surface area contributed by atoms with Gasteiger partial charge in [-0.3, -0.25) is 0 Å². The summed E-state index contributed by atoms with van der Waals surface area (Å²) in [4.78, 5) is 0. The molecule has 3 rings (SSSR count). The zero-order valence-electron chi connectivity index (χ0n) is 11.7. The van der Waals surface area contributed by atoms with Crippen LogP contribution in [0.2, 0.25) is 0 Å². The third-order valence-corrected chi connectivity index (χ3v) is 3.40. The van der Waals surface area contributed by atoms with E-state index >= 15 is 0 Å². The van der Waals surface area contributed by atoms with Gasteiger partial charge in [-0.05, 0) is 6.71 Å². The largest absolute Gasteiger partial charge is 1.00 e. The summed E-state index contributed by atoms with van der Waals surface area (Å²) in [5, 5.41) is 0. The van der Waals surface area contributed by atoms with E-state index in [1.807, 2.05) is 0 Å². The Hall–Kier alpha value is -1.68. The molecule has 0 atom stereocenters. The maximum Gasteiger partial charge on any atom is 1.00 e. The molecule has 3 aromatic carbocycles. The molecule has 0 aliphatic heterocycles. The Morgan fingerprint density at radius 2 is 0.650 bits per heavy atom. The van der Waals surface area contributed by atoms with Crippen LogP contribution in [0.5, 0.6) is 0 Å². The summed E-state index contributed by atoms with van der Waals surface area (Å²) >= 11 is 0. The van der Waals surface area contributed by atoms with E-state index in [0.717, 1.165) is 0 Å². The molecular weight excluding hydrogens is 234 g/mol. The molecule has 0 spiro atoms. The van der Waals surface area contributed by atoms with Crippen molar-refractivity contribution in [3.8, 4) is 0 Å². The van der Waals surface area contributed by atoms with Crippen molar-refractivity contribution in [1.29, 1.82) is 0 Å². The van der Waals surface area contributed by atoms with Crippen LogP contribution in [-0.4, -0.2) is 6.71 Å². The summed E-state index contributed by atoms with van der Waals surface area (Å²) in [5.74, 6) is 0. The SMILES string of the molecule is [Li+].c1ccc([B-](c2ccccc2)c2ccccc2)cc1. The van der Waals surface area contributed by atoms with Gasteiger partial charge in [-0.25, -0.2) is 16.4 Å². The van der Waals surface area contributed by atoms with Gasteiger partial charge < -0.3 is 0 Å². The molecule has 0 saturated carbocycles. The van der Waals surface area contributed by atoms with Crippen LogP contribution in [0.25, 0.3) is 0 Å². The van der Waals surface area contributed by atoms with Crippen LogP contribution in [0.4, 0.5) is 0 Å². The van der Waals surface area contributed by atoms with Crippen molar-refractivity contribution in [2.75, 3.05) is 0 Å². The predicted molar refractivity (Wildman–Crippen MR) is 84.0 cm³/mol. The minimum absolute atomic E-state index is 0.